The van der Waals surface area contributed by atoms with Crippen molar-refractivity contribution in [2.75, 3.05) is 38.1 Å². The highest BCUT2D eigenvalue weighted by Crippen LogP contribution is 2.28. The summed E-state index contributed by atoms with van der Waals surface area (Å²) in [4.78, 5) is 17.7. The number of nitrogens with zero attached hydrogens (tertiary/aromatic N) is 3. The van der Waals surface area contributed by atoms with Crippen molar-refractivity contribution in [3.05, 3.63) is 60.2 Å². The topological polar surface area (TPSA) is 60.9 Å². The van der Waals surface area contributed by atoms with E-state index in [-0.39, 0.29) is 18.4 Å². The third-order valence-corrected chi connectivity index (χ3v) is 7.77. The molecule has 0 aromatic heterocycles. The van der Waals surface area contributed by atoms with Crippen LogP contribution in [0.2, 0.25) is 0 Å². The minimum atomic E-state index is -3.57. The summed E-state index contributed by atoms with van der Waals surface area (Å²) in [6.07, 6.45) is 1.43. The van der Waals surface area contributed by atoms with E-state index in [0.717, 1.165) is 24.2 Å². The van der Waals surface area contributed by atoms with Crippen LogP contribution in [-0.2, 0) is 21.4 Å². The maximum Gasteiger partial charge on any atom is 0.243 e. The Morgan fingerprint density at radius 2 is 1.69 bits per heavy atom. The van der Waals surface area contributed by atoms with Gasteiger partial charge in [-0.05, 0) is 36.6 Å². The second-order valence-corrected chi connectivity index (χ2v) is 9.76. The van der Waals surface area contributed by atoms with Gasteiger partial charge >= 0.3 is 0 Å². The smallest absolute Gasteiger partial charge is 0.243 e. The molecule has 154 valence electrons. The molecule has 0 radical (unpaired) electrons. The first-order valence-corrected chi connectivity index (χ1v) is 11.5. The van der Waals surface area contributed by atoms with Crippen molar-refractivity contribution in [3.63, 3.8) is 0 Å². The van der Waals surface area contributed by atoms with Crippen LogP contribution in [0.3, 0.4) is 0 Å². The molecule has 0 aliphatic carbocycles. The normalized spacial score (nSPS) is 20.8. The van der Waals surface area contributed by atoms with E-state index >= 15 is 0 Å². The maximum absolute atomic E-state index is 13.3. The third-order valence-electron chi connectivity index (χ3n) is 5.90. The number of hydrogen-bond acceptors (Lipinski definition) is 4. The van der Waals surface area contributed by atoms with E-state index in [4.69, 9.17) is 0 Å². The minimum absolute atomic E-state index is 0.0584. The molecule has 2 heterocycles. The Balaban J connectivity index is 1.51. The van der Waals surface area contributed by atoms with E-state index in [9.17, 15) is 13.2 Å². The summed E-state index contributed by atoms with van der Waals surface area (Å²) < 4.78 is 27.5. The SMILES string of the molecule is CN1CCN(C(=O)C2CCCN(S(=O)(=O)c3ccccc3)C2)Cc2ccccc21. The molecule has 1 atom stereocenters. The molecular weight excluding hydrogens is 386 g/mol. The molecule has 2 aliphatic rings. The zero-order chi connectivity index (χ0) is 20.4. The second-order valence-electron chi connectivity index (χ2n) is 7.83. The van der Waals surface area contributed by atoms with Crippen LogP contribution in [-0.4, -0.2) is 56.8 Å². The summed E-state index contributed by atoms with van der Waals surface area (Å²) in [6.45, 7) is 2.70. The maximum atomic E-state index is 13.3. The summed E-state index contributed by atoms with van der Waals surface area (Å²) in [6, 6.07) is 16.6. The van der Waals surface area contributed by atoms with Gasteiger partial charge in [-0.15, -0.1) is 0 Å². The van der Waals surface area contributed by atoms with Gasteiger partial charge in [0.25, 0.3) is 0 Å². The first kappa shape index (κ1) is 19.9. The Bertz CT molecular complexity index is 978. The average molecular weight is 414 g/mol. The second kappa shape index (κ2) is 8.16. The Hall–Kier alpha value is -2.38. The molecule has 2 aromatic carbocycles. The highest BCUT2D eigenvalue weighted by atomic mass is 32.2. The van der Waals surface area contributed by atoms with Gasteiger partial charge in [0.05, 0.1) is 10.8 Å². The molecule has 2 aliphatic heterocycles. The van der Waals surface area contributed by atoms with Crippen LogP contribution in [0, 0.1) is 5.92 Å². The van der Waals surface area contributed by atoms with E-state index in [1.54, 1.807) is 30.3 Å². The molecule has 1 fully saturated rings. The summed E-state index contributed by atoms with van der Waals surface area (Å²) in [7, 11) is -1.53. The van der Waals surface area contributed by atoms with E-state index in [1.807, 2.05) is 24.1 Å². The molecule has 29 heavy (non-hydrogen) atoms. The van der Waals surface area contributed by atoms with Gasteiger partial charge in [0.2, 0.25) is 15.9 Å². The minimum Gasteiger partial charge on any atom is -0.373 e. The molecule has 2 aromatic rings. The monoisotopic (exact) mass is 413 g/mol. The quantitative estimate of drug-likeness (QED) is 0.776. The molecule has 0 N–H and O–H groups in total. The molecule has 1 unspecified atom stereocenters. The summed E-state index contributed by atoms with van der Waals surface area (Å²) in [5, 5.41) is 0. The lowest BCUT2D eigenvalue weighted by molar-refractivity contribution is -0.137. The van der Waals surface area contributed by atoms with Crippen molar-refractivity contribution in [2.24, 2.45) is 5.92 Å². The molecule has 0 saturated carbocycles. The molecule has 4 rings (SSSR count). The fourth-order valence-electron chi connectivity index (χ4n) is 4.24. The molecule has 0 bridgehead atoms. The van der Waals surface area contributed by atoms with E-state index in [1.165, 1.54) is 4.31 Å². The number of fused-ring (bicyclic) bond motifs is 1. The highest BCUT2D eigenvalue weighted by molar-refractivity contribution is 7.89. The number of piperidine rings is 1. The lowest BCUT2D eigenvalue weighted by Crippen LogP contribution is -2.47. The fourth-order valence-corrected chi connectivity index (χ4v) is 5.79. The zero-order valence-corrected chi connectivity index (χ0v) is 17.5. The van der Waals surface area contributed by atoms with Crippen LogP contribution in [0.5, 0.6) is 0 Å². The average Bonchev–Trinajstić information content (AvgIpc) is 2.93. The molecule has 6 nitrogen and oxygen atoms in total. The van der Waals surface area contributed by atoms with Crippen LogP contribution < -0.4 is 4.90 Å². The van der Waals surface area contributed by atoms with Crippen LogP contribution >= 0.6 is 0 Å². The molecular formula is C22H27N3O3S. The number of carbonyl (C=O) groups excluding carboxylic acids is 1. The number of hydrogen-bond donors (Lipinski definition) is 0. The predicted molar refractivity (Wildman–Crippen MR) is 113 cm³/mol. The van der Waals surface area contributed by atoms with Crippen LogP contribution in [0.1, 0.15) is 18.4 Å². The fraction of sp³-hybridized carbons (Fsp3) is 0.409. The summed E-state index contributed by atoms with van der Waals surface area (Å²) in [5.74, 6) is -0.235. The summed E-state index contributed by atoms with van der Waals surface area (Å²) in [5.41, 5.74) is 2.28. The Morgan fingerprint density at radius 3 is 2.48 bits per heavy atom. The van der Waals surface area contributed by atoms with Gasteiger partial charge in [0.15, 0.2) is 0 Å². The number of benzene rings is 2. The van der Waals surface area contributed by atoms with E-state index < -0.39 is 10.0 Å². The summed E-state index contributed by atoms with van der Waals surface area (Å²) >= 11 is 0. The van der Waals surface area contributed by atoms with E-state index in [2.05, 4.69) is 17.0 Å². The van der Waals surface area contributed by atoms with Crippen LogP contribution in [0.15, 0.2) is 59.5 Å². The largest absolute Gasteiger partial charge is 0.373 e. The number of likely N-dealkylation sites (N-methyl/N-ethyl adjacent to an activating group) is 1. The predicted octanol–water partition coefficient (Wildman–Crippen LogP) is 2.57. The molecule has 1 saturated heterocycles. The lowest BCUT2D eigenvalue weighted by atomic mass is 9.98. The Kier molecular flexibility index (Phi) is 5.61. The third kappa shape index (κ3) is 4.02. The number of sulfonamides is 1. The van der Waals surface area contributed by atoms with Crippen molar-refractivity contribution >= 4 is 21.6 Å². The number of rotatable bonds is 3. The number of amides is 1. The van der Waals surface area contributed by atoms with Crippen molar-refractivity contribution in [1.29, 1.82) is 0 Å². The van der Waals surface area contributed by atoms with E-state index in [0.29, 0.717) is 31.0 Å². The number of anilines is 1. The van der Waals surface area contributed by atoms with Gasteiger partial charge in [0, 0.05) is 45.5 Å². The standard InChI is InChI=1S/C22H27N3O3S/c1-23-14-15-24(16-18-8-5-6-12-21(18)23)22(26)19-9-7-13-25(17-19)29(27,28)20-10-3-2-4-11-20/h2-6,8,10-12,19H,7,9,13-17H2,1H3. The van der Waals surface area contributed by atoms with Crippen molar-refractivity contribution in [1.82, 2.24) is 9.21 Å². The Morgan fingerprint density at radius 1 is 0.966 bits per heavy atom. The van der Waals surface area contributed by atoms with Gasteiger partial charge in [-0.2, -0.15) is 4.31 Å². The van der Waals surface area contributed by atoms with Crippen molar-refractivity contribution in [2.45, 2.75) is 24.3 Å². The number of carbonyl (C=O) groups is 1. The van der Waals surface area contributed by atoms with Crippen LogP contribution in [0.25, 0.3) is 0 Å². The highest BCUT2D eigenvalue weighted by Gasteiger charge is 2.35. The van der Waals surface area contributed by atoms with Gasteiger partial charge < -0.3 is 9.80 Å². The molecule has 7 heteroatoms. The molecule has 0 spiro atoms. The van der Waals surface area contributed by atoms with Gasteiger partial charge in [0.1, 0.15) is 0 Å². The lowest BCUT2D eigenvalue weighted by Gasteiger charge is -2.34. The van der Waals surface area contributed by atoms with Crippen molar-refractivity contribution < 1.29 is 13.2 Å². The van der Waals surface area contributed by atoms with Crippen LogP contribution in [0.4, 0.5) is 5.69 Å². The Labute approximate surface area is 172 Å². The first-order valence-electron chi connectivity index (χ1n) is 10.1. The van der Waals surface area contributed by atoms with Gasteiger partial charge in [-0.25, -0.2) is 8.42 Å². The number of para-hydroxylation sites is 1. The van der Waals surface area contributed by atoms with Gasteiger partial charge in [-0.3, -0.25) is 4.79 Å². The first-order chi connectivity index (χ1) is 14.0. The molecule has 1 amide bonds. The van der Waals surface area contributed by atoms with Crippen molar-refractivity contribution in [3.8, 4) is 0 Å². The van der Waals surface area contributed by atoms with Gasteiger partial charge in [-0.1, -0.05) is 36.4 Å². The zero-order valence-electron chi connectivity index (χ0n) is 16.7.